The molecule has 0 saturated carbocycles. The molecule has 25 heavy (non-hydrogen) atoms. The van der Waals surface area contributed by atoms with E-state index in [2.05, 4.69) is 20.8 Å². The van der Waals surface area contributed by atoms with Gasteiger partial charge in [-0.25, -0.2) is 0 Å². The Kier molecular flexibility index (Phi) is 5.01. The van der Waals surface area contributed by atoms with E-state index in [4.69, 9.17) is 16.1 Å². The molecule has 0 bridgehead atoms. The third kappa shape index (κ3) is 3.96. The minimum atomic E-state index is -0.573. The van der Waals surface area contributed by atoms with Gasteiger partial charge in [0.15, 0.2) is 0 Å². The Hall–Kier alpha value is -2.06. The first-order chi connectivity index (χ1) is 11.9. The van der Waals surface area contributed by atoms with Crippen LogP contribution in [0.3, 0.4) is 0 Å². The number of amides is 2. The molecule has 7 nitrogen and oxygen atoms in total. The van der Waals surface area contributed by atoms with Crippen LogP contribution in [0.25, 0.3) is 11.4 Å². The van der Waals surface area contributed by atoms with Crippen LogP contribution in [0.1, 0.15) is 19.7 Å². The van der Waals surface area contributed by atoms with Crippen LogP contribution in [0.2, 0.25) is 5.02 Å². The highest BCUT2D eigenvalue weighted by Crippen LogP contribution is 2.29. The summed E-state index contributed by atoms with van der Waals surface area (Å²) in [5.74, 6) is 0.701. The van der Waals surface area contributed by atoms with E-state index in [-0.39, 0.29) is 24.2 Å². The molecule has 1 atom stereocenters. The smallest absolute Gasteiger partial charge is 0.246 e. The normalized spacial score (nSPS) is 19.3. The van der Waals surface area contributed by atoms with Crippen molar-refractivity contribution in [2.75, 3.05) is 5.75 Å². The van der Waals surface area contributed by atoms with E-state index in [1.165, 1.54) is 11.8 Å². The predicted molar refractivity (Wildman–Crippen MR) is 95.1 cm³/mol. The van der Waals surface area contributed by atoms with Gasteiger partial charge in [-0.15, -0.1) is 11.8 Å². The number of hydrogen-bond acceptors (Lipinski definition) is 6. The summed E-state index contributed by atoms with van der Waals surface area (Å²) in [6.45, 7) is 3.74. The summed E-state index contributed by atoms with van der Waals surface area (Å²) in [4.78, 5) is 28.4. The van der Waals surface area contributed by atoms with Crippen molar-refractivity contribution in [1.82, 2.24) is 20.8 Å². The van der Waals surface area contributed by atoms with E-state index >= 15 is 0 Å². The number of benzene rings is 1. The number of nitrogens with one attached hydrogen (secondary N) is 2. The molecule has 1 fully saturated rings. The second kappa shape index (κ2) is 7.05. The Balaban J connectivity index is 1.59. The summed E-state index contributed by atoms with van der Waals surface area (Å²) in [5, 5.41) is 9.82. The zero-order valence-corrected chi connectivity index (χ0v) is 15.3. The lowest BCUT2D eigenvalue weighted by atomic mass is 10.1. The Morgan fingerprint density at radius 1 is 1.48 bits per heavy atom. The molecule has 0 aliphatic carbocycles. The van der Waals surface area contributed by atoms with Crippen molar-refractivity contribution >= 4 is 35.2 Å². The van der Waals surface area contributed by atoms with Gasteiger partial charge in [-0.2, -0.15) is 4.98 Å². The molecule has 1 aromatic carbocycles. The molecule has 1 unspecified atom stereocenters. The molecule has 3 rings (SSSR count). The lowest BCUT2D eigenvalue weighted by Gasteiger charge is -2.32. The largest absolute Gasteiger partial charge is 0.345 e. The minimum absolute atomic E-state index is 0.0801. The molecule has 2 aromatic rings. The third-order valence-electron chi connectivity index (χ3n) is 3.78. The standard InChI is InChI=1S/C16H17ClN4O3S/c1-16(2)15(23)19-11(8-25-16)14(22)18-7-12-20-13(21-24-12)9-5-3-4-6-10(9)17/h3-6,11H,7-8H2,1-2H3,(H,18,22)(H,19,23). The second-order valence-electron chi connectivity index (χ2n) is 6.06. The first-order valence-corrected chi connectivity index (χ1v) is 9.03. The van der Waals surface area contributed by atoms with E-state index in [1.807, 2.05) is 26.0 Å². The summed E-state index contributed by atoms with van der Waals surface area (Å²) in [6, 6.07) is 6.58. The number of carbonyl (C=O) groups is 2. The quantitative estimate of drug-likeness (QED) is 0.842. The lowest BCUT2D eigenvalue weighted by molar-refractivity contribution is -0.129. The fourth-order valence-electron chi connectivity index (χ4n) is 2.24. The maximum Gasteiger partial charge on any atom is 0.246 e. The van der Waals surface area contributed by atoms with Crippen molar-refractivity contribution in [2.24, 2.45) is 0 Å². The summed E-state index contributed by atoms with van der Waals surface area (Å²) >= 11 is 7.55. The zero-order valence-electron chi connectivity index (χ0n) is 13.7. The molecule has 1 saturated heterocycles. The molecule has 2 amide bonds. The Labute approximate surface area is 153 Å². The van der Waals surface area contributed by atoms with Gasteiger partial charge in [-0.05, 0) is 26.0 Å². The molecule has 0 radical (unpaired) electrons. The maximum atomic E-state index is 12.2. The number of halogens is 1. The van der Waals surface area contributed by atoms with E-state index in [1.54, 1.807) is 12.1 Å². The number of hydrogen-bond donors (Lipinski definition) is 2. The van der Waals surface area contributed by atoms with Crippen LogP contribution in [-0.2, 0) is 16.1 Å². The number of carbonyl (C=O) groups excluding carboxylic acids is 2. The molecular formula is C16H17ClN4O3S. The van der Waals surface area contributed by atoms with Crippen molar-refractivity contribution in [3.05, 3.63) is 35.2 Å². The van der Waals surface area contributed by atoms with Gasteiger partial charge >= 0.3 is 0 Å². The molecule has 1 aliphatic heterocycles. The average Bonchev–Trinajstić information content (AvgIpc) is 3.04. The van der Waals surface area contributed by atoms with Crippen molar-refractivity contribution in [1.29, 1.82) is 0 Å². The fourth-order valence-corrected chi connectivity index (χ4v) is 3.47. The average molecular weight is 381 g/mol. The van der Waals surface area contributed by atoms with Crippen LogP contribution >= 0.6 is 23.4 Å². The van der Waals surface area contributed by atoms with Crippen molar-refractivity contribution in [3.8, 4) is 11.4 Å². The van der Waals surface area contributed by atoms with Crippen LogP contribution in [0, 0.1) is 0 Å². The predicted octanol–water partition coefficient (Wildman–Crippen LogP) is 2.02. The highest BCUT2D eigenvalue weighted by Gasteiger charge is 2.37. The van der Waals surface area contributed by atoms with Crippen LogP contribution < -0.4 is 10.6 Å². The van der Waals surface area contributed by atoms with Gasteiger partial charge < -0.3 is 15.2 Å². The highest BCUT2D eigenvalue weighted by atomic mass is 35.5. The Morgan fingerprint density at radius 2 is 2.24 bits per heavy atom. The number of aromatic nitrogens is 2. The first-order valence-electron chi connectivity index (χ1n) is 7.67. The fraction of sp³-hybridized carbons (Fsp3) is 0.375. The molecule has 0 spiro atoms. The molecule has 1 aliphatic rings. The summed E-state index contributed by atoms with van der Waals surface area (Å²) in [7, 11) is 0. The van der Waals surface area contributed by atoms with Gasteiger partial charge in [0.1, 0.15) is 6.04 Å². The Morgan fingerprint density at radius 3 is 2.96 bits per heavy atom. The number of nitrogens with zero attached hydrogens (tertiary/aromatic N) is 2. The topological polar surface area (TPSA) is 97.1 Å². The molecule has 2 N–H and O–H groups in total. The van der Waals surface area contributed by atoms with Crippen LogP contribution in [0.4, 0.5) is 0 Å². The number of thioether (sulfide) groups is 1. The van der Waals surface area contributed by atoms with Gasteiger partial charge in [0.2, 0.25) is 23.5 Å². The van der Waals surface area contributed by atoms with Gasteiger partial charge in [0.25, 0.3) is 0 Å². The number of rotatable bonds is 4. The van der Waals surface area contributed by atoms with E-state index in [0.717, 1.165) is 0 Å². The monoisotopic (exact) mass is 380 g/mol. The minimum Gasteiger partial charge on any atom is -0.345 e. The van der Waals surface area contributed by atoms with E-state index in [9.17, 15) is 9.59 Å². The van der Waals surface area contributed by atoms with Gasteiger partial charge in [-0.1, -0.05) is 28.9 Å². The zero-order chi connectivity index (χ0) is 18.0. The second-order valence-corrected chi connectivity index (χ2v) is 8.11. The molecule has 132 valence electrons. The van der Waals surface area contributed by atoms with Gasteiger partial charge in [-0.3, -0.25) is 9.59 Å². The first kappa shape index (κ1) is 17.8. The van der Waals surface area contributed by atoms with Crippen molar-refractivity contribution in [3.63, 3.8) is 0 Å². The van der Waals surface area contributed by atoms with E-state index in [0.29, 0.717) is 22.2 Å². The van der Waals surface area contributed by atoms with Gasteiger partial charge in [0.05, 0.1) is 16.3 Å². The summed E-state index contributed by atoms with van der Waals surface area (Å²) in [6.07, 6.45) is 0. The molecular weight excluding hydrogens is 364 g/mol. The summed E-state index contributed by atoms with van der Waals surface area (Å²) in [5.41, 5.74) is 0.656. The lowest BCUT2D eigenvalue weighted by Crippen LogP contribution is -2.57. The highest BCUT2D eigenvalue weighted by molar-refractivity contribution is 8.01. The van der Waals surface area contributed by atoms with Crippen molar-refractivity contribution < 1.29 is 14.1 Å². The molecule has 2 heterocycles. The van der Waals surface area contributed by atoms with Crippen LogP contribution in [0.15, 0.2) is 28.8 Å². The van der Waals surface area contributed by atoms with Crippen LogP contribution in [0.5, 0.6) is 0 Å². The maximum absolute atomic E-state index is 12.2. The molecule has 9 heteroatoms. The third-order valence-corrected chi connectivity index (χ3v) is 5.51. The van der Waals surface area contributed by atoms with Gasteiger partial charge in [0, 0.05) is 11.3 Å². The van der Waals surface area contributed by atoms with Crippen molar-refractivity contribution in [2.45, 2.75) is 31.2 Å². The van der Waals surface area contributed by atoms with E-state index < -0.39 is 10.8 Å². The van der Waals surface area contributed by atoms with Crippen LogP contribution in [-0.4, -0.2) is 38.5 Å². The summed E-state index contributed by atoms with van der Waals surface area (Å²) < 4.78 is 4.62. The molecule has 1 aromatic heterocycles. The Bertz CT molecular complexity index is 808. The SMILES string of the molecule is CC1(C)SCC(C(=O)NCc2nc(-c3ccccc3Cl)no2)NC1=O.